The number of nitriles is 1. The van der Waals surface area contributed by atoms with E-state index in [1.807, 2.05) is 109 Å². The van der Waals surface area contributed by atoms with Gasteiger partial charge in [0.25, 0.3) is 0 Å². The molecule has 31 heavy (non-hydrogen) atoms. The zero-order valence-electron chi connectivity index (χ0n) is 17.1. The van der Waals surface area contributed by atoms with Gasteiger partial charge < -0.3 is 11.1 Å². The van der Waals surface area contributed by atoms with Gasteiger partial charge in [0.1, 0.15) is 12.3 Å². The third-order valence-corrected chi connectivity index (χ3v) is 4.08. The number of benzene rings is 4. The first kappa shape index (κ1) is 22.9. The van der Waals surface area contributed by atoms with E-state index in [0.717, 1.165) is 28.8 Å². The molecule has 1 atom stereocenters. The van der Waals surface area contributed by atoms with Crippen LogP contribution in [0.3, 0.4) is 0 Å². The summed E-state index contributed by atoms with van der Waals surface area (Å²) in [5.41, 5.74) is 8.85. The fourth-order valence-electron chi connectivity index (χ4n) is 2.52. The molecule has 3 N–H and O–H groups in total. The van der Waals surface area contributed by atoms with Crippen LogP contribution in [0, 0.1) is 11.3 Å². The van der Waals surface area contributed by atoms with Gasteiger partial charge in [0, 0.05) is 16.9 Å². The van der Waals surface area contributed by atoms with E-state index in [1.54, 1.807) is 12.1 Å². The number of nitrogens with zero attached hydrogens (tertiary/aromatic N) is 1. The smallest absolute Gasteiger partial charge is 0.150 e. The number of carbonyl (C=O) groups is 1. The number of carbonyl (C=O) groups excluding carboxylic acids is 1. The number of anilines is 2. The molecule has 0 amide bonds. The van der Waals surface area contributed by atoms with Gasteiger partial charge in [-0.2, -0.15) is 5.26 Å². The fraction of sp³-hybridized carbons (Fsp3) is 0.0370. The molecule has 0 heterocycles. The van der Waals surface area contributed by atoms with E-state index in [1.165, 1.54) is 0 Å². The SMILES string of the molecule is N#CC(Nc1ccccc1)c1ccccc1.Nc1ccccc1.O=Cc1ccccc1. The minimum absolute atomic E-state index is 0.302. The van der Waals surface area contributed by atoms with Gasteiger partial charge >= 0.3 is 0 Å². The molecule has 0 saturated carbocycles. The molecule has 1 unspecified atom stereocenters. The summed E-state index contributed by atoms with van der Waals surface area (Å²) in [6, 6.07) is 40.0. The first-order valence-electron chi connectivity index (χ1n) is 9.80. The predicted octanol–water partition coefficient (Wildman–Crippen LogP) is 6.13. The summed E-state index contributed by atoms with van der Waals surface area (Å²) in [7, 11) is 0. The second-order valence-corrected chi connectivity index (χ2v) is 6.42. The largest absolute Gasteiger partial charge is 0.399 e. The van der Waals surface area contributed by atoms with Gasteiger partial charge in [0.2, 0.25) is 0 Å². The van der Waals surface area contributed by atoms with Crippen molar-refractivity contribution in [2.75, 3.05) is 11.1 Å². The van der Waals surface area contributed by atoms with E-state index in [0.29, 0.717) is 0 Å². The molecule has 0 aromatic heterocycles. The standard InChI is InChI=1S/C14H12N2.C7H6O.C6H7N/c15-11-14(12-7-3-1-4-8-12)16-13-9-5-2-6-10-13;8-6-7-4-2-1-3-5-7;7-6-4-2-1-3-5-6/h1-10,14,16H;1-6H;1-5H,7H2. The summed E-state index contributed by atoms with van der Waals surface area (Å²) in [5, 5.41) is 12.3. The normalized spacial score (nSPS) is 10.0. The van der Waals surface area contributed by atoms with Crippen LogP contribution in [-0.2, 0) is 0 Å². The second-order valence-electron chi connectivity index (χ2n) is 6.42. The van der Waals surface area contributed by atoms with Crippen molar-refractivity contribution >= 4 is 17.7 Å². The number of rotatable bonds is 4. The molecule has 4 aromatic carbocycles. The summed E-state index contributed by atoms with van der Waals surface area (Å²) in [6.07, 6.45) is 0.833. The Morgan fingerprint density at radius 3 is 1.55 bits per heavy atom. The van der Waals surface area contributed by atoms with Crippen molar-refractivity contribution in [1.29, 1.82) is 5.26 Å². The van der Waals surface area contributed by atoms with E-state index in [4.69, 9.17) is 11.0 Å². The Bertz CT molecular complexity index is 1030. The van der Waals surface area contributed by atoms with Crippen LogP contribution in [0.15, 0.2) is 121 Å². The van der Waals surface area contributed by atoms with Gasteiger partial charge in [0.05, 0.1) is 6.07 Å². The molecular formula is C27H25N3O. The Hall–Kier alpha value is -4.36. The van der Waals surface area contributed by atoms with E-state index in [9.17, 15) is 4.79 Å². The first-order valence-corrected chi connectivity index (χ1v) is 9.80. The van der Waals surface area contributed by atoms with E-state index in [2.05, 4.69) is 11.4 Å². The van der Waals surface area contributed by atoms with Gasteiger partial charge in [-0.15, -0.1) is 0 Å². The molecule has 0 saturated heterocycles. The lowest BCUT2D eigenvalue weighted by atomic mass is 10.1. The number of nitrogen functional groups attached to an aromatic ring is 1. The Kier molecular flexibility index (Phi) is 10.2. The monoisotopic (exact) mass is 407 g/mol. The maximum Gasteiger partial charge on any atom is 0.150 e. The van der Waals surface area contributed by atoms with Gasteiger partial charge in [-0.1, -0.05) is 97.1 Å². The molecule has 4 nitrogen and oxygen atoms in total. The van der Waals surface area contributed by atoms with Gasteiger partial charge in [-0.3, -0.25) is 4.79 Å². The second kappa shape index (κ2) is 13.8. The third-order valence-electron chi connectivity index (χ3n) is 4.08. The predicted molar refractivity (Wildman–Crippen MR) is 128 cm³/mol. The summed E-state index contributed by atoms with van der Waals surface area (Å²) in [4.78, 5) is 10.0. The van der Waals surface area contributed by atoms with Gasteiger partial charge in [0.15, 0.2) is 0 Å². The number of nitrogens with two attached hydrogens (primary N) is 1. The highest BCUT2D eigenvalue weighted by atomic mass is 16.1. The molecule has 0 aliphatic heterocycles. The molecular weight excluding hydrogens is 382 g/mol. The maximum absolute atomic E-state index is 10.0. The van der Waals surface area contributed by atoms with Crippen LogP contribution in [0.5, 0.6) is 0 Å². The van der Waals surface area contributed by atoms with Crippen LogP contribution < -0.4 is 11.1 Å². The highest BCUT2D eigenvalue weighted by Gasteiger charge is 2.08. The minimum atomic E-state index is -0.302. The molecule has 4 rings (SSSR count). The Morgan fingerprint density at radius 2 is 1.16 bits per heavy atom. The highest BCUT2D eigenvalue weighted by Crippen LogP contribution is 2.18. The van der Waals surface area contributed by atoms with E-state index in [-0.39, 0.29) is 6.04 Å². The summed E-state index contributed by atoms with van der Waals surface area (Å²) < 4.78 is 0. The van der Waals surface area contributed by atoms with E-state index >= 15 is 0 Å². The number of para-hydroxylation sites is 2. The summed E-state index contributed by atoms with van der Waals surface area (Å²) >= 11 is 0. The number of hydrogen-bond donors (Lipinski definition) is 2. The van der Waals surface area contributed by atoms with Crippen LogP contribution in [0.4, 0.5) is 11.4 Å². The van der Waals surface area contributed by atoms with Gasteiger partial charge in [-0.25, -0.2) is 0 Å². The number of nitrogens with one attached hydrogen (secondary N) is 1. The van der Waals surface area contributed by atoms with Crippen molar-refractivity contribution < 1.29 is 4.79 Å². The molecule has 0 spiro atoms. The lowest BCUT2D eigenvalue weighted by Gasteiger charge is -2.12. The van der Waals surface area contributed by atoms with Crippen LogP contribution >= 0.6 is 0 Å². The van der Waals surface area contributed by atoms with Crippen LogP contribution in [0.2, 0.25) is 0 Å². The lowest BCUT2D eigenvalue weighted by Crippen LogP contribution is -2.07. The van der Waals surface area contributed by atoms with Crippen molar-refractivity contribution in [2.45, 2.75) is 6.04 Å². The van der Waals surface area contributed by atoms with Crippen molar-refractivity contribution in [1.82, 2.24) is 0 Å². The van der Waals surface area contributed by atoms with Gasteiger partial charge in [-0.05, 0) is 29.8 Å². The summed E-state index contributed by atoms with van der Waals surface area (Å²) in [6.45, 7) is 0. The lowest BCUT2D eigenvalue weighted by molar-refractivity contribution is 0.112. The molecule has 154 valence electrons. The van der Waals surface area contributed by atoms with Crippen LogP contribution in [0.1, 0.15) is 22.0 Å². The number of hydrogen-bond acceptors (Lipinski definition) is 4. The molecule has 0 aliphatic rings. The van der Waals surface area contributed by atoms with Crippen molar-refractivity contribution in [3.63, 3.8) is 0 Å². The Labute approximate surface area is 183 Å². The quantitative estimate of drug-likeness (QED) is 0.315. The highest BCUT2D eigenvalue weighted by molar-refractivity contribution is 5.74. The topological polar surface area (TPSA) is 78.9 Å². The molecule has 0 fully saturated rings. The fourth-order valence-corrected chi connectivity index (χ4v) is 2.52. The van der Waals surface area contributed by atoms with Crippen molar-refractivity contribution in [2.24, 2.45) is 0 Å². The average molecular weight is 408 g/mol. The molecule has 4 heteroatoms. The zero-order valence-corrected chi connectivity index (χ0v) is 17.1. The number of aldehydes is 1. The molecule has 0 bridgehead atoms. The average Bonchev–Trinajstić information content (AvgIpc) is 2.85. The van der Waals surface area contributed by atoms with Crippen molar-refractivity contribution in [3.8, 4) is 6.07 Å². The zero-order chi connectivity index (χ0) is 22.2. The van der Waals surface area contributed by atoms with Crippen LogP contribution in [0.25, 0.3) is 0 Å². The first-order chi connectivity index (χ1) is 15.2. The Balaban J connectivity index is 0.000000189. The molecule has 0 radical (unpaired) electrons. The Morgan fingerprint density at radius 1 is 0.710 bits per heavy atom. The third kappa shape index (κ3) is 9.12. The van der Waals surface area contributed by atoms with Crippen molar-refractivity contribution in [3.05, 3.63) is 132 Å². The van der Waals surface area contributed by atoms with E-state index < -0.39 is 0 Å². The summed E-state index contributed by atoms with van der Waals surface area (Å²) in [5.74, 6) is 0. The maximum atomic E-state index is 10.0. The minimum Gasteiger partial charge on any atom is -0.399 e. The molecule has 4 aromatic rings. The van der Waals surface area contributed by atoms with Crippen LogP contribution in [-0.4, -0.2) is 6.29 Å². The molecule has 0 aliphatic carbocycles.